The van der Waals surface area contributed by atoms with Crippen LogP contribution in [0.25, 0.3) is 6.08 Å². The van der Waals surface area contributed by atoms with Crippen molar-refractivity contribution in [1.82, 2.24) is 4.90 Å². The van der Waals surface area contributed by atoms with E-state index in [1.54, 1.807) is 44.2 Å². The van der Waals surface area contributed by atoms with Gasteiger partial charge < -0.3 is 9.47 Å². The van der Waals surface area contributed by atoms with E-state index in [4.69, 9.17) is 21.1 Å². The van der Waals surface area contributed by atoms with Crippen LogP contribution in [-0.2, 0) is 20.9 Å². The van der Waals surface area contributed by atoms with Crippen molar-refractivity contribution in [3.63, 3.8) is 0 Å². The molecule has 0 bridgehead atoms. The van der Waals surface area contributed by atoms with Crippen molar-refractivity contribution >= 4 is 46.6 Å². The largest absolute Gasteiger partial charge is 0.488 e. The normalized spacial score (nSPS) is 15.2. The Kier molecular flexibility index (Phi) is 7.18. The number of nitrogens with zero attached hydrogens (tertiary/aromatic N) is 1. The summed E-state index contributed by atoms with van der Waals surface area (Å²) in [7, 11) is 0. The molecule has 0 N–H and O–H groups in total. The maximum Gasteiger partial charge on any atom is 0.326 e. The minimum atomic E-state index is -0.628. The van der Waals surface area contributed by atoms with Crippen molar-refractivity contribution in [3.8, 4) is 5.75 Å². The molecule has 0 saturated carbocycles. The van der Waals surface area contributed by atoms with Crippen LogP contribution in [0.15, 0.2) is 53.4 Å². The number of amides is 2. The molecule has 3 rings (SSSR count). The van der Waals surface area contributed by atoms with Crippen LogP contribution in [-0.4, -0.2) is 34.7 Å². The van der Waals surface area contributed by atoms with Gasteiger partial charge in [-0.3, -0.25) is 19.3 Å². The Bertz CT molecular complexity index is 1000. The molecule has 2 amide bonds. The Balaban J connectivity index is 1.75. The third-order valence-corrected chi connectivity index (χ3v) is 5.35. The highest BCUT2D eigenvalue weighted by Gasteiger charge is 2.37. The molecule has 1 fully saturated rings. The van der Waals surface area contributed by atoms with Crippen molar-refractivity contribution < 1.29 is 23.9 Å². The number of hydrogen-bond acceptors (Lipinski definition) is 6. The lowest BCUT2D eigenvalue weighted by Crippen LogP contribution is -2.35. The minimum Gasteiger partial charge on any atom is -0.488 e. The average molecular weight is 446 g/mol. The standard InChI is InChI=1S/C22H20ClNO5S/c1-14(2)29-20(25)12-24-21(26)19(30-22(24)27)11-15-7-4-6-10-18(15)28-13-16-8-3-5-9-17(16)23/h3-11,14H,12-13H2,1-2H3/b19-11-. The van der Waals surface area contributed by atoms with Gasteiger partial charge in [0.25, 0.3) is 11.1 Å². The maximum atomic E-state index is 12.6. The topological polar surface area (TPSA) is 72.9 Å². The first-order chi connectivity index (χ1) is 14.3. The van der Waals surface area contributed by atoms with Crippen LogP contribution >= 0.6 is 23.4 Å². The Morgan fingerprint density at radius 1 is 1.13 bits per heavy atom. The van der Waals surface area contributed by atoms with E-state index >= 15 is 0 Å². The van der Waals surface area contributed by atoms with Gasteiger partial charge in [-0.1, -0.05) is 48.0 Å². The highest BCUT2D eigenvalue weighted by atomic mass is 35.5. The molecule has 0 aliphatic carbocycles. The molecular weight excluding hydrogens is 426 g/mol. The number of para-hydroxylation sites is 1. The second-order valence-corrected chi connectivity index (χ2v) is 8.12. The molecule has 2 aromatic carbocycles. The zero-order chi connectivity index (χ0) is 21.7. The van der Waals surface area contributed by atoms with E-state index in [9.17, 15) is 14.4 Å². The molecule has 1 aliphatic rings. The number of carbonyl (C=O) groups is 3. The molecule has 30 heavy (non-hydrogen) atoms. The number of rotatable bonds is 7. The van der Waals surface area contributed by atoms with E-state index in [0.717, 1.165) is 22.2 Å². The Morgan fingerprint density at radius 2 is 1.83 bits per heavy atom. The third kappa shape index (κ3) is 5.43. The summed E-state index contributed by atoms with van der Waals surface area (Å²) in [5.74, 6) is -0.618. The molecule has 1 saturated heterocycles. The van der Waals surface area contributed by atoms with Crippen molar-refractivity contribution in [1.29, 1.82) is 0 Å². The first-order valence-electron chi connectivity index (χ1n) is 9.25. The molecule has 6 nitrogen and oxygen atoms in total. The quantitative estimate of drug-likeness (QED) is 0.445. The number of carbonyl (C=O) groups excluding carboxylic acids is 3. The second kappa shape index (κ2) is 9.82. The lowest BCUT2D eigenvalue weighted by Gasteiger charge is -2.13. The molecule has 1 heterocycles. The summed E-state index contributed by atoms with van der Waals surface area (Å²) >= 11 is 6.95. The van der Waals surface area contributed by atoms with Crippen LogP contribution in [0.2, 0.25) is 5.02 Å². The van der Waals surface area contributed by atoms with Gasteiger partial charge in [0.05, 0.1) is 11.0 Å². The molecule has 0 unspecified atom stereocenters. The fraction of sp³-hybridized carbons (Fsp3) is 0.227. The number of esters is 1. The fourth-order valence-electron chi connectivity index (χ4n) is 2.71. The van der Waals surface area contributed by atoms with Gasteiger partial charge in [0.2, 0.25) is 0 Å². The Hall–Kier alpha value is -2.77. The van der Waals surface area contributed by atoms with E-state index in [2.05, 4.69) is 0 Å². The van der Waals surface area contributed by atoms with Crippen LogP contribution in [0.1, 0.15) is 25.0 Å². The van der Waals surface area contributed by atoms with Gasteiger partial charge in [0, 0.05) is 16.1 Å². The smallest absolute Gasteiger partial charge is 0.326 e. The van der Waals surface area contributed by atoms with Crippen LogP contribution < -0.4 is 4.74 Å². The molecule has 0 radical (unpaired) electrons. The molecule has 0 spiro atoms. The molecule has 0 aromatic heterocycles. The Morgan fingerprint density at radius 3 is 2.57 bits per heavy atom. The number of halogens is 1. The van der Waals surface area contributed by atoms with Gasteiger partial charge in [-0.15, -0.1) is 0 Å². The Labute approximate surface area is 183 Å². The zero-order valence-corrected chi connectivity index (χ0v) is 18.0. The first kappa shape index (κ1) is 21.9. The minimum absolute atomic E-state index is 0.214. The van der Waals surface area contributed by atoms with Crippen molar-refractivity contribution in [2.75, 3.05) is 6.54 Å². The highest BCUT2D eigenvalue weighted by molar-refractivity contribution is 8.18. The number of benzene rings is 2. The van der Waals surface area contributed by atoms with Crippen LogP contribution in [0.4, 0.5) is 4.79 Å². The highest BCUT2D eigenvalue weighted by Crippen LogP contribution is 2.34. The summed E-state index contributed by atoms with van der Waals surface area (Å²) in [6.45, 7) is 3.24. The molecule has 2 aromatic rings. The predicted molar refractivity (Wildman–Crippen MR) is 116 cm³/mol. The van der Waals surface area contributed by atoms with Gasteiger partial charge in [0.1, 0.15) is 18.9 Å². The van der Waals surface area contributed by atoms with E-state index < -0.39 is 23.7 Å². The number of thioether (sulfide) groups is 1. The van der Waals surface area contributed by atoms with Crippen molar-refractivity contribution in [3.05, 3.63) is 69.6 Å². The summed E-state index contributed by atoms with van der Waals surface area (Å²) in [5, 5.41) is 0.0887. The lowest BCUT2D eigenvalue weighted by molar-refractivity contribution is -0.149. The zero-order valence-electron chi connectivity index (χ0n) is 16.5. The van der Waals surface area contributed by atoms with Crippen LogP contribution in [0.5, 0.6) is 5.75 Å². The summed E-state index contributed by atoms with van der Waals surface area (Å²) in [6.07, 6.45) is 1.26. The fourth-order valence-corrected chi connectivity index (χ4v) is 3.73. The average Bonchev–Trinajstić information content (AvgIpc) is 2.95. The summed E-state index contributed by atoms with van der Waals surface area (Å²) in [5.41, 5.74) is 1.47. The van der Waals surface area contributed by atoms with Crippen molar-refractivity contribution in [2.45, 2.75) is 26.6 Å². The molecule has 156 valence electrons. The van der Waals surface area contributed by atoms with Gasteiger partial charge in [0.15, 0.2) is 0 Å². The van der Waals surface area contributed by atoms with E-state index in [1.807, 2.05) is 24.3 Å². The molecule has 8 heteroatoms. The summed E-state index contributed by atoms with van der Waals surface area (Å²) < 4.78 is 10.9. The van der Waals surface area contributed by atoms with Gasteiger partial charge in [-0.2, -0.15) is 0 Å². The molecule has 0 atom stereocenters. The number of hydrogen-bond donors (Lipinski definition) is 0. The van der Waals surface area contributed by atoms with Gasteiger partial charge in [-0.25, -0.2) is 0 Å². The predicted octanol–water partition coefficient (Wildman–Crippen LogP) is 4.91. The van der Waals surface area contributed by atoms with Gasteiger partial charge in [-0.05, 0) is 43.8 Å². The second-order valence-electron chi connectivity index (χ2n) is 6.72. The number of ether oxygens (including phenoxy) is 2. The summed E-state index contributed by atoms with van der Waals surface area (Å²) in [4.78, 5) is 37.8. The van der Waals surface area contributed by atoms with E-state index in [-0.39, 0.29) is 17.6 Å². The van der Waals surface area contributed by atoms with E-state index in [1.165, 1.54) is 0 Å². The molecular formula is C22H20ClNO5S. The van der Waals surface area contributed by atoms with Crippen LogP contribution in [0, 0.1) is 0 Å². The van der Waals surface area contributed by atoms with E-state index in [0.29, 0.717) is 16.3 Å². The third-order valence-electron chi connectivity index (χ3n) is 4.07. The monoisotopic (exact) mass is 445 g/mol. The van der Waals surface area contributed by atoms with Crippen molar-refractivity contribution in [2.24, 2.45) is 0 Å². The first-order valence-corrected chi connectivity index (χ1v) is 10.4. The van der Waals surface area contributed by atoms with Crippen LogP contribution in [0.3, 0.4) is 0 Å². The summed E-state index contributed by atoms with van der Waals surface area (Å²) in [6, 6.07) is 14.5. The SMILES string of the molecule is CC(C)OC(=O)CN1C(=O)S/C(=C\c2ccccc2OCc2ccccc2Cl)C1=O. The number of imide groups is 1. The lowest BCUT2D eigenvalue weighted by atomic mass is 10.1. The maximum absolute atomic E-state index is 12.6. The van der Waals surface area contributed by atoms with Gasteiger partial charge >= 0.3 is 5.97 Å². The molecule has 1 aliphatic heterocycles.